The molecule has 0 saturated heterocycles. The van der Waals surface area contributed by atoms with Gasteiger partial charge in [0.15, 0.2) is 6.10 Å². The minimum atomic E-state index is -0.803. The largest absolute Gasteiger partial charge is 0.462 e. The highest BCUT2D eigenvalue weighted by Gasteiger charge is 2.19. The molecule has 1 unspecified atom stereocenters. The molecule has 0 saturated carbocycles. The van der Waals surface area contributed by atoms with Crippen molar-refractivity contribution < 1.29 is 28.6 Å². The van der Waals surface area contributed by atoms with Gasteiger partial charge in [-0.05, 0) is 96.3 Å². The van der Waals surface area contributed by atoms with E-state index in [1.807, 2.05) is 0 Å². The van der Waals surface area contributed by atoms with E-state index in [0.29, 0.717) is 12.8 Å². The zero-order valence-electron chi connectivity index (χ0n) is 41.8. The summed E-state index contributed by atoms with van der Waals surface area (Å²) in [6.07, 6.45) is 67.2. The van der Waals surface area contributed by atoms with Crippen LogP contribution in [-0.4, -0.2) is 37.2 Å². The van der Waals surface area contributed by atoms with Crippen molar-refractivity contribution in [2.75, 3.05) is 13.2 Å². The molecule has 0 radical (unpaired) electrons. The lowest BCUT2D eigenvalue weighted by Crippen LogP contribution is -2.30. The number of carbonyl (C=O) groups excluding carboxylic acids is 3. The Bertz CT molecular complexity index is 1250. The quantitative estimate of drug-likeness (QED) is 0.0199. The maximum absolute atomic E-state index is 12.8. The molecular weight excluding hydrogens is 793 g/mol. The molecule has 0 bridgehead atoms. The van der Waals surface area contributed by atoms with Gasteiger partial charge in [0, 0.05) is 19.3 Å². The summed E-state index contributed by atoms with van der Waals surface area (Å²) in [6, 6.07) is 0. The first-order chi connectivity index (χ1) is 31.5. The smallest absolute Gasteiger partial charge is 0.306 e. The third-order valence-electron chi connectivity index (χ3n) is 11.2. The Kier molecular flexibility index (Phi) is 49.4. The molecule has 0 heterocycles. The molecule has 0 fully saturated rings. The van der Waals surface area contributed by atoms with Gasteiger partial charge in [-0.1, -0.05) is 215 Å². The number of hydrogen-bond acceptors (Lipinski definition) is 6. The highest BCUT2D eigenvalue weighted by Crippen LogP contribution is 2.14. The average molecular weight is 891 g/mol. The maximum Gasteiger partial charge on any atom is 0.306 e. The van der Waals surface area contributed by atoms with Crippen molar-refractivity contribution in [1.82, 2.24) is 0 Å². The number of allylic oxidation sites excluding steroid dienone is 14. The zero-order valence-corrected chi connectivity index (χ0v) is 41.8. The Morgan fingerprint density at radius 2 is 0.672 bits per heavy atom. The van der Waals surface area contributed by atoms with Gasteiger partial charge in [-0.3, -0.25) is 14.4 Å². The Morgan fingerprint density at radius 3 is 1.11 bits per heavy atom. The Hall–Kier alpha value is -3.41. The summed E-state index contributed by atoms with van der Waals surface area (Å²) >= 11 is 0. The molecular formula is C58H98O6. The molecule has 6 nitrogen and oxygen atoms in total. The van der Waals surface area contributed by atoms with Gasteiger partial charge >= 0.3 is 17.9 Å². The van der Waals surface area contributed by atoms with Crippen molar-refractivity contribution in [3.05, 3.63) is 85.1 Å². The Labute approximate surface area is 395 Å². The fourth-order valence-electron chi connectivity index (χ4n) is 7.13. The fourth-order valence-corrected chi connectivity index (χ4v) is 7.13. The molecule has 0 aliphatic rings. The minimum Gasteiger partial charge on any atom is -0.462 e. The summed E-state index contributed by atoms with van der Waals surface area (Å²) in [4.78, 5) is 38.0. The standard InChI is InChI=1S/C58H98O6/c1-4-7-10-13-16-19-22-24-26-28-29-30-32-33-36-39-42-45-48-51-57(60)63-54-55(53-62-56(59)50-47-44-41-38-35-21-18-15-12-9-6-3)64-58(61)52-49-46-43-40-37-34-31-27-25-23-20-17-14-11-8-5-2/h7,10,15-16,18-19,21,24,26-27,31,34-35,37,55H,4-6,8-9,11-14,17,20,22-23,25,28-30,32-33,36,38-54H2,1-3H3/b10-7-,18-15-,19-16-,26-24-,31-27-,35-21-,37-34-. The van der Waals surface area contributed by atoms with Gasteiger partial charge in [-0.15, -0.1) is 0 Å². The van der Waals surface area contributed by atoms with Crippen molar-refractivity contribution >= 4 is 17.9 Å². The van der Waals surface area contributed by atoms with E-state index in [9.17, 15) is 14.4 Å². The molecule has 0 rings (SSSR count). The lowest BCUT2D eigenvalue weighted by Gasteiger charge is -2.18. The summed E-state index contributed by atoms with van der Waals surface area (Å²) in [7, 11) is 0. The highest BCUT2D eigenvalue weighted by molar-refractivity contribution is 5.71. The van der Waals surface area contributed by atoms with E-state index < -0.39 is 6.10 Å². The molecule has 0 spiro atoms. The van der Waals surface area contributed by atoms with Gasteiger partial charge in [0.1, 0.15) is 13.2 Å². The van der Waals surface area contributed by atoms with Crippen molar-refractivity contribution in [2.24, 2.45) is 0 Å². The number of unbranched alkanes of at least 4 members (excludes halogenated alkanes) is 24. The summed E-state index contributed by atoms with van der Waals surface area (Å²) in [5, 5.41) is 0. The average Bonchev–Trinajstić information content (AvgIpc) is 3.29. The minimum absolute atomic E-state index is 0.0991. The molecule has 1 atom stereocenters. The normalized spacial score (nSPS) is 12.7. The molecule has 0 aliphatic carbocycles. The molecule has 0 aliphatic heterocycles. The van der Waals surface area contributed by atoms with Crippen molar-refractivity contribution in [3.8, 4) is 0 Å². The molecule has 6 heteroatoms. The van der Waals surface area contributed by atoms with Gasteiger partial charge in [0.25, 0.3) is 0 Å². The first-order valence-electron chi connectivity index (χ1n) is 26.6. The number of hydrogen-bond donors (Lipinski definition) is 0. The van der Waals surface area contributed by atoms with E-state index in [0.717, 1.165) is 103 Å². The lowest BCUT2D eigenvalue weighted by molar-refractivity contribution is -0.167. The number of ether oxygens (including phenoxy) is 3. The number of esters is 3. The predicted octanol–water partition coefficient (Wildman–Crippen LogP) is 17.6. The molecule has 0 aromatic carbocycles. The molecule has 0 N–H and O–H groups in total. The van der Waals surface area contributed by atoms with Gasteiger partial charge in [0.05, 0.1) is 0 Å². The van der Waals surface area contributed by atoms with Crippen LogP contribution in [0.15, 0.2) is 85.1 Å². The first-order valence-corrected chi connectivity index (χ1v) is 26.6. The van der Waals surface area contributed by atoms with Crippen molar-refractivity contribution in [1.29, 1.82) is 0 Å². The number of carbonyl (C=O) groups is 3. The van der Waals surface area contributed by atoms with Crippen LogP contribution in [0.1, 0.15) is 245 Å². The lowest BCUT2D eigenvalue weighted by atomic mass is 10.1. The van der Waals surface area contributed by atoms with Crippen LogP contribution in [0.5, 0.6) is 0 Å². The third-order valence-corrected chi connectivity index (χ3v) is 11.2. The summed E-state index contributed by atoms with van der Waals surface area (Å²) in [5.74, 6) is -0.960. The predicted molar refractivity (Wildman–Crippen MR) is 274 cm³/mol. The van der Waals surface area contributed by atoms with E-state index in [-0.39, 0.29) is 37.5 Å². The summed E-state index contributed by atoms with van der Waals surface area (Å²) in [5.41, 5.74) is 0. The van der Waals surface area contributed by atoms with Crippen LogP contribution in [0, 0.1) is 0 Å². The van der Waals surface area contributed by atoms with Gasteiger partial charge in [0.2, 0.25) is 0 Å². The first kappa shape index (κ1) is 60.6. The van der Waals surface area contributed by atoms with Crippen LogP contribution in [0.3, 0.4) is 0 Å². The van der Waals surface area contributed by atoms with Crippen LogP contribution >= 0.6 is 0 Å². The molecule has 0 amide bonds. The van der Waals surface area contributed by atoms with Crippen LogP contribution in [0.25, 0.3) is 0 Å². The molecule has 0 aromatic rings. The fraction of sp³-hybridized carbons (Fsp3) is 0.707. The topological polar surface area (TPSA) is 78.9 Å². The third kappa shape index (κ3) is 49.6. The van der Waals surface area contributed by atoms with E-state index in [1.165, 1.54) is 103 Å². The van der Waals surface area contributed by atoms with E-state index in [2.05, 4.69) is 106 Å². The van der Waals surface area contributed by atoms with Crippen LogP contribution in [0.2, 0.25) is 0 Å². The second-order valence-corrected chi connectivity index (χ2v) is 17.5. The second kappa shape index (κ2) is 52.2. The molecule has 0 aromatic heterocycles. The van der Waals surface area contributed by atoms with Crippen molar-refractivity contribution in [2.45, 2.75) is 252 Å². The van der Waals surface area contributed by atoms with Gasteiger partial charge in [-0.2, -0.15) is 0 Å². The molecule has 64 heavy (non-hydrogen) atoms. The van der Waals surface area contributed by atoms with Crippen molar-refractivity contribution in [3.63, 3.8) is 0 Å². The van der Waals surface area contributed by atoms with Gasteiger partial charge in [-0.25, -0.2) is 0 Å². The van der Waals surface area contributed by atoms with Crippen LogP contribution < -0.4 is 0 Å². The Balaban J connectivity index is 4.42. The second-order valence-electron chi connectivity index (χ2n) is 17.5. The van der Waals surface area contributed by atoms with Crippen LogP contribution in [-0.2, 0) is 28.6 Å². The van der Waals surface area contributed by atoms with E-state index in [4.69, 9.17) is 14.2 Å². The monoisotopic (exact) mass is 891 g/mol. The maximum atomic E-state index is 12.8. The highest BCUT2D eigenvalue weighted by atomic mass is 16.6. The van der Waals surface area contributed by atoms with Gasteiger partial charge < -0.3 is 14.2 Å². The molecule has 366 valence electrons. The van der Waals surface area contributed by atoms with E-state index in [1.54, 1.807) is 0 Å². The SMILES string of the molecule is CC/C=C\C/C=C\C/C=C\CCCCCCCCCCCC(=O)OCC(COC(=O)CCCCC/C=C\C=C/CCCC)OC(=O)CCCCC/C=C\C=C/CCCCCCCCC. The van der Waals surface area contributed by atoms with E-state index >= 15 is 0 Å². The zero-order chi connectivity index (χ0) is 46.5. The summed E-state index contributed by atoms with van der Waals surface area (Å²) < 4.78 is 16.8. The number of rotatable bonds is 47. The van der Waals surface area contributed by atoms with Crippen LogP contribution in [0.4, 0.5) is 0 Å². The summed E-state index contributed by atoms with van der Waals surface area (Å²) in [6.45, 7) is 6.42. The Morgan fingerprint density at radius 1 is 0.344 bits per heavy atom.